The number of ether oxygens (including phenoxy) is 1. The van der Waals surface area contributed by atoms with Crippen molar-refractivity contribution in [3.63, 3.8) is 0 Å². The van der Waals surface area contributed by atoms with E-state index in [4.69, 9.17) is 16.3 Å². The smallest absolute Gasteiger partial charge is 0.408 e. The van der Waals surface area contributed by atoms with Gasteiger partial charge in [-0.05, 0) is 62.7 Å². The van der Waals surface area contributed by atoms with Gasteiger partial charge in [-0.1, -0.05) is 23.7 Å². The lowest BCUT2D eigenvalue weighted by Crippen LogP contribution is -2.45. The average molecular weight is 454 g/mol. The van der Waals surface area contributed by atoms with Crippen molar-refractivity contribution in [1.29, 1.82) is 0 Å². The molecule has 0 bridgehead atoms. The van der Waals surface area contributed by atoms with E-state index in [0.29, 0.717) is 11.3 Å². The van der Waals surface area contributed by atoms with Crippen LogP contribution in [0.1, 0.15) is 32.3 Å². The summed E-state index contributed by atoms with van der Waals surface area (Å²) < 4.78 is 45.7. The molecule has 0 saturated heterocycles. The number of aldehydes is 1. The van der Waals surface area contributed by atoms with Gasteiger partial charge >= 0.3 is 6.09 Å². The quantitative estimate of drug-likeness (QED) is 0.694. The highest BCUT2D eigenvalue weighted by molar-refractivity contribution is 7.92. The molecule has 3 rings (SSSR count). The van der Waals surface area contributed by atoms with Gasteiger partial charge in [0.15, 0.2) is 9.84 Å². The van der Waals surface area contributed by atoms with Crippen molar-refractivity contribution in [2.24, 2.45) is 0 Å². The third kappa shape index (κ3) is 4.20. The molecule has 0 unspecified atom stereocenters. The van der Waals surface area contributed by atoms with Crippen molar-refractivity contribution in [2.75, 3.05) is 0 Å². The molecule has 1 fully saturated rings. The number of sulfone groups is 1. The number of carbonyl (C=O) groups is 2. The van der Waals surface area contributed by atoms with Gasteiger partial charge in [-0.25, -0.2) is 17.6 Å². The van der Waals surface area contributed by atoms with E-state index in [9.17, 15) is 22.4 Å². The highest BCUT2D eigenvalue weighted by Crippen LogP contribution is 2.56. The number of nitrogens with one attached hydrogen (secondary N) is 1. The van der Waals surface area contributed by atoms with E-state index in [-0.39, 0.29) is 10.5 Å². The van der Waals surface area contributed by atoms with Gasteiger partial charge in [0.05, 0.1) is 4.90 Å². The van der Waals surface area contributed by atoms with Crippen molar-refractivity contribution >= 4 is 33.8 Å². The van der Waals surface area contributed by atoms with Crippen LogP contribution >= 0.6 is 11.6 Å². The van der Waals surface area contributed by atoms with E-state index in [2.05, 4.69) is 5.32 Å². The maximum Gasteiger partial charge on any atom is 0.408 e. The van der Waals surface area contributed by atoms with Crippen LogP contribution in [0.25, 0.3) is 0 Å². The summed E-state index contributed by atoms with van der Waals surface area (Å²) >= 11 is 5.85. The molecule has 1 N–H and O–H groups in total. The predicted octanol–water partition coefficient (Wildman–Crippen LogP) is 3.88. The van der Waals surface area contributed by atoms with Crippen LogP contribution in [0.15, 0.2) is 53.4 Å². The summed E-state index contributed by atoms with van der Waals surface area (Å²) in [6.07, 6.45) is -0.560. The van der Waals surface area contributed by atoms with Crippen LogP contribution in [0, 0.1) is 5.82 Å². The molecule has 160 valence electrons. The number of hydrogen-bond donors (Lipinski definition) is 1. The normalized spacial score (nSPS) is 23.5. The summed E-state index contributed by atoms with van der Waals surface area (Å²) in [4.78, 5) is 24.5. The predicted molar refractivity (Wildman–Crippen MR) is 110 cm³/mol. The molecule has 30 heavy (non-hydrogen) atoms. The first-order valence-corrected chi connectivity index (χ1v) is 11.1. The van der Waals surface area contributed by atoms with Crippen molar-refractivity contribution in [1.82, 2.24) is 5.32 Å². The monoisotopic (exact) mass is 453 g/mol. The first-order chi connectivity index (χ1) is 13.9. The molecule has 1 amide bonds. The molecule has 3 atom stereocenters. The molecule has 2 aromatic carbocycles. The SMILES string of the molecule is CC(C)(C)OC(=O)N[C@@]1(C=O)[C@H](c2cccc(F)c2)[C@@H]1S(=O)(=O)c1ccc(Cl)cc1. The second kappa shape index (κ2) is 7.67. The number of carbonyl (C=O) groups excluding carboxylic acids is 2. The van der Waals surface area contributed by atoms with E-state index >= 15 is 0 Å². The van der Waals surface area contributed by atoms with Gasteiger partial charge in [-0.3, -0.25) is 0 Å². The maximum atomic E-state index is 13.8. The third-order valence-corrected chi connectivity index (χ3v) is 7.29. The summed E-state index contributed by atoms with van der Waals surface area (Å²) in [5.74, 6) is -1.57. The van der Waals surface area contributed by atoms with Crippen LogP contribution in [0.2, 0.25) is 5.02 Å². The molecule has 1 saturated carbocycles. The van der Waals surface area contributed by atoms with Crippen LogP contribution in [0.4, 0.5) is 9.18 Å². The molecular formula is C21H21ClFNO5S. The average Bonchev–Trinajstić information content (AvgIpc) is 3.30. The Hall–Kier alpha value is -2.45. The largest absolute Gasteiger partial charge is 0.444 e. The molecule has 9 heteroatoms. The Balaban J connectivity index is 2.06. The van der Waals surface area contributed by atoms with Crippen LogP contribution in [-0.4, -0.2) is 37.2 Å². The lowest BCUT2D eigenvalue weighted by molar-refractivity contribution is -0.110. The van der Waals surface area contributed by atoms with Gasteiger partial charge < -0.3 is 14.8 Å². The Morgan fingerprint density at radius 2 is 1.83 bits per heavy atom. The molecule has 2 aromatic rings. The van der Waals surface area contributed by atoms with Gasteiger partial charge in [-0.15, -0.1) is 0 Å². The minimum absolute atomic E-state index is 0.0620. The Labute approximate surface area is 179 Å². The Bertz CT molecular complexity index is 1080. The lowest BCUT2D eigenvalue weighted by Gasteiger charge is -2.22. The van der Waals surface area contributed by atoms with Crippen molar-refractivity contribution in [3.05, 3.63) is 64.9 Å². The number of alkyl carbamates (subject to hydrolysis) is 1. The Morgan fingerprint density at radius 1 is 1.20 bits per heavy atom. The van der Waals surface area contributed by atoms with Gasteiger partial charge in [0, 0.05) is 10.9 Å². The number of hydrogen-bond acceptors (Lipinski definition) is 5. The van der Waals surface area contributed by atoms with E-state index in [1.807, 2.05) is 0 Å². The second-order valence-corrected chi connectivity index (χ2v) is 10.6. The van der Waals surface area contributed by atoms with E-state index < -0.39 is 44.1 Å². The molecule has 0 heterocycles. The fraction of sp³-hybridized carbons (Fsp3) is 0.333. The van der Waals surface area contributed by atoms with Gasteiger partial charge in [-0.2, -0.15) is 0 Å². The number of rotatable bonds is 5. The fourth-order valence-corrected chi connectivity index (χ4v) is 5.90. The first-order valence-electron chi connectivity index (χ1n) is 9.13. The number of halogens is 2. The lowest BCUT2D eigenvalue weighted by atomic mass is 10.1. The van der Waals surface area contributed by atoms with Gasteiger partial charge in [0.25, 0.3) is 0 Å². The number of amides is 1. The molecule has 0 radical (unpaired) electrons. The molecule has 0 spiro atoms. The topological polar surface area (TPSA) is 89.5 Å². The van der Waals surface area contributed by atoms with Crippen molar-refractivity contribution in [2.45, 2.75) is 48.0 Å². The van der Waals surface area contributed by atoms with Crippen LogP contribution in [0.3, 0.4) is 0 Å². The van der Waals surface area contributed by atoms with Crippen LogP contribution < -0.4 is 5.32 Å². The molecular weight excluding hydrogens is 433 g/mol. The zero-order valence-electron chi connectivity index (χ0n) is 16.6. The van der Waals surface area contributed by atoms with Gasteiger partial charge in [0.2, 0.25) is 0 Å². The zero-order chi connectivity index (χ0) is 22.3. The summed E-state index contributed by atoms with van der Waals surface area (Å²) in [5, 5.41) is 1.43. The van der Waals surface area contributed by atoms with Crippen LogP contribution in [-0.2, 0) is 19.4 Å². The molecule has 0 aromatic heterocycles. The van der Waals surface area contributed by atoms with E-state index in [1.54, 1.807) is 20.8 Å². The standard InChI is InChI=1S/C21H21ClFNO5S/c1-20(2,3)29-19(26)24-21(12-25)17(13-5-4-6-15(23)11-13)18(21)30(27,28)16-9-7-14(22)8-10-16/h4-12,17-18H,1-3H3,(H,24,26)/t17-,18+,21+/m1/s1. The summed E-state index contributed by atoms with van der Waals surface area (Å²) in [5.41, 5.74) is -2.38. The summed E-state index contributed by atoms with van der Waals surface area (Å²) in [6.45, 7) is 4.91. The van der Waals surface area contributed by atoms with Gasteiger partial charge in [0.1, 0.15) is 28.5 Å². The molecule has 1 aliphatic rings. The number of benzene rings is 2. The molecule has 6 nitrogen and oxygen atoms in total. The maximum absolute atomic E-state index is 13.8. The second-order valence-electron chi connectivity index (χ2n) is 8.13. The minimum atomic E-state index is -4.08. The van der Waals surface area contributed by atoms with Crippen molar-refractivity contribution < 1.29 is 27.1 Å². The molecule has 1 aliphatic carbocycles. The molecule has 0 aliphatic heterocycles. The minimum Gasteiger partial charge on any atom is -0.444 e. The van der Waals surface area contributed by atoms with E-state index in [1.165, 1.54) is 42.5 Å². The summed E-state index contributed by atoms with van der Waals surface area (Å²) in [6, 6.07) is 10.8. The Morgan fingerprint density at radius 3 is 2.37 bits per heavy atom. The Kier molecular flexibility index (Phi) is 5.68. The van der Waals surface area contributed by atoms with Crippen LogP contribution in [0.5, 0.6) is 0 Å². The summed E-state index contributed by atoms with van der Waals surface area (Å²) in [7, 11) is -4.08. The zero-order valence-corrected chi connectivity index (χ0v) is 18.1. The van der Waals surface area contributed by atoms with E-state index in [0.717, 1.165) is 6.07 Å². The highest BCUT2D eigenvalue weighted by Gasteiger charge is 2.73. The third-order valence-electron chi connectivity index (χ3n) is 4.78. The highest BCUT2D eigenvalue weighted by atomic mass is 35.5. The van der Waals surface area contributed by atoms with Crippen molar-refractivity contribution in [3.8, 4) is 0 Å². The fourth-order valence-electron chi connectivity index (χ4n) is 3.53. The first kappa shape index (κ1) is 22.2.